The Bertz CT molecular complexity index is 2000. The molecule has 0 aromatic rings. The smallest absolute Gasteiger partial charge is 0.249 e. The third-order valence-electron chi connectivity index (χ3n) is 23.9. The lowest BCUT2D eigenvalue weighted by Gasteiger charge is -2.29. The van der Waals surface area contributed by atoms with Gasteiger partial charge in [0.2, 0.25) is 35.4 Å². The lowest BCUT2D eigenvalue weighted by molar-refractivity contribution is -0.141. The first-order valence-electron chi connectivity index (χ1n) is 48.7. The predicted octanol–water partition coefficient (Wildman–Crippen LogP) is 29.1. The van der Waals surface area contributed by atoms with Crippen molar-refractivity contribution in [3.8, 4) is 0 Å². The summed E-state index contributed by atoms with van der Waals surface area (Å²) in [5.41, 5.74) is 9.32. The molecule has 6 amide bonds. The predicted molar refractivity (Wildman–Crippen MR) is 481 cm³/mol. The summed E-state index contributed by atoms with van der Waals surface area (Å²) >= 11 is 0. The zero-order valence-electron chi connectivity index (χ0n) is 78.0. The number of hydrogen-bond acceptors (Lipinski definition) is 12. The van der Waals surface area contributed by atoms with E-state index in [0.717, 1.165) is 103 Å². The van der Waals surface area contributed by atoms with E-state index in [2.05, 4.69) is 41.5 Å². The van der Waals surface area contributed by atoms with Crippen LogP contribution in [0.3, 0.4) is 0 Å². The summed E-state index contributed by atoms with van der Waals surface area (Å²) in [6, 6.07) is 0. The van der Waals surface area contributed by atoms with E-state index in [1.807, 2.05) is 60.9 Å². The van der Waals surface area contributed by atoms with Crippen LogP contribution in [0.15, 0.2) is 0 Å². The zero-order chi connectivity index (χ0) is 86.6. The van der Waals surface area contributed by atoms with Crippen LogP contribution in [0.5, 0.6) is 0 Å². The fourth-order valence-electron chi connectivity index (χ4n) is 14.7. The van der Waals surface area contributed by atoms with Gasteiger partial charge < -0.3 is 0 Å². The van der Waals surface area contributed by atoms with Gasteiger partial charge in [0.05, 0.1) is 5.41 Å². The Kier molecular flexibility index (Phi) is 103. The Morgan fingerprint density at radius 1 is 0.254 bits per heavy atom. The van der Waals surface area contributed by atoms with Crippen molar-refractivity contribution in [2.24, 2.45) is 28.1 Å². The average molecular weight is 1630 g/mol. The largest absolute Gasteiger partial charge is 0.289 e. The Balaban J connectivity index is -0.000000307. The highest BCUT2D eigenvalue weighted by Gasteiger charge is 2.34. The van der Waals surface area contributed by atoms with Crippen LogP contribution in [0.1, 0.15) is 553 Å². The lowest BCUT2D eigenvalue weighted by Crippen LogP contribution is -2.38. The highest BCUT2D eigenvalue weighted by molar-refractivity contribution is 5.82. The van der Waals surface area contributed by atoms with E-state index in [-0.39, 0.29) is 52.7 Å². The number of nitrogens with one attached hydrogen (secondary N) is 6. The average Bonchev–Trinajstić information content (AvgIpc) is 0.874. The fraction of sp³-hybridized carbons (Fsp3) is 0.938. The number of hydroxylamine groups is 6. The highest BCUT2D eigenvalue weighted by Crippen LogP contribution is 2.34. The Morgan fingerprint density at radius 3 is 0.763 bits per heavy atom. The van der Waals surface area contributed by atoms with Gasteiger partial charge in [0.15, 0.2) is 0 Å². The van der Waals surface area contributed by atoms with Crippen LogP contribution in [0.25, 0.3) is 0 Å². The molecule has 114 heavy (non-hydrogen) atoms. The summed E-state index contributed by atoms with van der Waals surface area (Å²) in [6.07, 6.45) is 87.5. The van der Waals surface area contributed by atoms with Crippen molar-refractivity contribution in [2.75, 3.05) is 0 Å². The van der Waals surface area contributed by atoms with E-state index in [9.17, 15) is 28.8 Å². The molecule has 0 aliphatic rings. The second kappa shape index (κ2) is 96.7. The molecule has 3 unspecified atom stereocenters. The normalized spacial score (nSPS) is 12.1. The van der Waals surface area contributed by atoms with E-state index >= 15 is 0 Å². The first kappa shape index (κ1) is 121. The lowest BCUT2D eigenvalue weighted by atomic mass is 9.77. The maximum atomic E-state index is 11.8. The molecule has 0 aliphatic carbocycles. The third kappa shape index (κ3) is 85.0. The van der Waals surface area contributed by atoms with Gasteiger partial charge in [-0.1, -0.05) is 482 Å². The van der Waals surface area contributed by atoms with Gasteiger partial charge in [-0.3, -0.25) is 60.0 Å². The summed E-state index contributed by atoms with van der Waals surface area (Å²) < 4.78 is 0. The van der Waals surface area contributed by atoms with Crippen LogP contribution >= 0.6 is 0 Å². The molecule has 0 radical (unpaired) electrons. The van der Waals surface area contributed by atoms with Crippen molar-refractivity contribution in [3.63, 3.8) is 0 Å². The second-order valence-electron chi connectivity index (χ2n) is 34.6. The SMILES string of the molecule is CCCCCCCCCCCCC(C)(C)C(=O)NO.CCCCCCCCCCCCC(C)(CC)C(=O)NO.CCCCCCCCCCCCC(C)C(=O)NO.CCCCCCCCCCCCC(CC)(CC)C(=O)NO.CCCCCCCCCCCCC(CC)C(=O)NO.CCCCCCCCCCCCCC(=O)NO. The molecule has 12 N–H and O–H groups in total. The maximum absolute atomic E-state index is 11.8. The monoisotopic (exact) mass is 1630 g/mol. The molecule has 0 aromatic heterocycles. The molecule has 684 valence electrons. The number of rotatable bonds is 76. The number of unbranched alkanes of at least 4 members (excludes halogenated alkanes) is 55. The van der Waals surface area contributed by atoms with Gasteiger partial charge in [-0.05, 0) is 64.2 Å². The molecule has 0 saturated carbocycles. The summed E-state index contributed by atoms with van der Waals surface area (Å²) in [7, 11) is 0. The molecule has 0 heterocycles. The topological polar surface area (TPSA) is 296 Å². The molecular weight excluding hydrogens is 1430 g/mol. The van der Waals surface area contributed by atoms with E-state index in [0.29, 0.717) is 6.42 Å². The molecule has 0 fully saturated rings. The summed E-state index contributed by atoms with van der Waals surface area (Å²) in [5.74, 6) is -1.55. The molecule has 0 spiro atoms. The number of hydrogen-bond donors (Lipinski definition) is 12. The second-order valence-corrected chi connectivity index (χ2v) is 34.6. The quantitative estimate of drug-likeness (QED) is 0.0154. The first-order chi connectivity index (χ1) is 55.1. The van der Waals surface area contributed by atoms with Crippen LogP contribution in [0.4, 0.5) is 0 Å². The van der Waals surface area contributed by atoms with Crippen molar-refractivity contribution >= 4 is 35.4 Å². The van der Waals surface area contributed by atoms with Gasteiger partial charge in [0.25, 0.3) is 0 Å². The molecule has 0 aliphatic heterocycles. The van der Waals surface area contributed by atoms with Crippen LogP contribution < -0.4 is 32.9 Å². The van der Waals surface area contributed by atoms with Gasteiger partial charge in [0, 0.05) is 29.1 Å². The van der Waals surface area contributed by atoms with Gasteiger partial charge in [-0.25, -0.2) is 32.9 Å². The van der Waals surface area contributed by atoms with E-state index in [1.54, 1.807) is 27.4 Å². The minimum absolute atomic E-state index is 0.0148. The molecule has 18 nitrogen and oxygen atoms in total. The number of carbonyl (C=O) groups is 6. The summed E-state index contributed by atoms with van der Waals surface area (Å²) in [5, 5.41) is 51.7. The number of carbonyl (C=O) groups excluding carboxylic acids is 6. The third-order valence-corrected chi connectivity index (χ3v) is 23.9. The van der Waals surface area contributed by atoms with Gasteiger partial charge in [0.1, 0.15) is 0 Å². The van der Waals surface area contributed by atoms with Crippen LogP contribution in [0.2, 0.25) is 0 Å². The fourth-order valence-corrected chi connectivity index (χ4v) is 14.7. The first-order valence-corrected chi connectivity index (χ1v) is 48.7. The van der Waals surface area contributed by atoms with Crippen LogP contribution in [-0.4, -0.2) is 66.7 Å². The van der Waals surface area contributed by atoms with Crippen molar-refractivity contribution in [1.29, 1.82) is 0 Å². The number of amides is 6. The van der Waals surface area contributed by atoms with E-state index in [1.165, 1.54) is 347 Å². The van der Waals surface area contributed by atoms with Crippen molar-refractivity contribution in [2.45, 2.75) is 553 Å². The molecule has 0 saturated heterocycles. The van der Waals surface area contributed by atoms with Crippen molar-refractivity contribution in [1.82, 2.24) is 32.9 Å². The molecule has 18 heteroatoms. The van der Waals surface area contributed by atoms with Gasteiger partial charge >= 0.3 is 0 Å². The van der Waals surface area contributed by atoms with Gasteiger partial charge in [-0.15, -0.1) is 0 Å². The Morgan fingerprint density at radius 2 is 0.509 bits per heavy atom. The molecule has 0 rings (SSSR count). The van der Waals surface area contributed by atoms with Crippen LogP contribution in [-0.2, 0) is 28.8 Å². The molecular formula is C96H198N6O12. The highest BCUT2D eigenvalue weighted by atomic mass is 16.5. The maximum Gasteiger partial charge on any atom is 0.249 e. The molecule has 0 aromatic carbocycles. The minimum atomic E-state index is -0.450. The summed E-state index contributed by atoms with van der Waals surface area (Å²) in [6.45, 7) is 29.1. The minimum Gasteiger partial charge on any atom is -0.289 e. The van der Waals surface area contributed by atoms with Crippen LogP contribution in [0, 0.1) is 28.1 Å². The zero-order valence-corrected chi connectivity index (χ0v) is 78.0. The Hall–Kier alpha value is -3.42. The van der Waals surface area contributed by atoms with Crippen molar-refractivity contribution < 1.29 is 60.0 Å². The van der Waals surface area contributed by atoms with Crippen molar-refractivity contribution in [3.05, 3.63) is 0 Å². The Labute approximate surface area is 705 Å². The van der Waals surface area contributed by atoms with Gasteiger partial charge in [-0.2, -0.15) is 0 Å². The molecule has 3 atom stereocenters. The standard InChI is InChI=1S/C18H37NO2.C17H35NO2.2C16H33NO2.C15H31NO2.C14H29NO2/c1-4-7-8-9-10-11-12-13-14-15-16-18(5-2,6-3)17(20)19-21;1-4-6-7-8-9-10-11-12-13-14-15-17(3,5-2)16(19)18-20;1-4-5-6-7-8-9-10-11-12-13-14-16(2,3)15(18)17-19;1-3-5-6-7-8-9-10-11-12-13-14-15(4-2)16(18)17-19;1-3-4-5-6-7-8-9-10-11-12-13-14(2)15(17)16-18;1-2-3-4-5-6-7-8-9-10-11-12-13-14(16)15-17/h21H,4-16H2,1-3H3,(H,19,20);20H,4-15H2,1-3H3,(H,18,19);19H,4-14H2,1-3H3,(H,17,18);15,19H,3-14H2,1-2H3,(H,17,18);14,18H,3-13H2,1-2H3,(H,16,17);17H,2-13H2,1H3,(H,15,16). The summed E-state index contributed by atoms with van der Waals surface area (Å²) in [4.78, 5) is 67.8. The molecule has 0 bridgehead atoms. The van der Waals surface area contributed by atoms with E-state index < -0.39 is 10.8 Å². The van der Waals surface area contributed by atoms with E-state index in [4.69, 9.17) is 31.2 Å².